The molecule has 7 heteroatoms. The van der Waals surface area contributed by atoms with Gasteiger partial charge in [0.15, 0.2) is 0 Å². The number of carbonyl (C=O) groups excluding carboxylic acids is 1. The van der Waals surface area contributed by atoms with Crippen LogP contribution in [0.4, 0.5) is 0 Å². The second kappa shape index (κ2) is 16.4. The number of ether oxygens (including phenoxy) is 3. The van der Waals surface area contributed by atoms with Crippen LogP contribution >= 0.6 is 11.8 Å². The molecule has 0 atom stereocenters. The van der Waals surface area contributed by atoms with Gasteiger partial charge in [-0.05, 0) is 79.4 Å². The number of carbonyl (C=O) groups is 1. The minimum Gasteiger partial charge on any atom is -0.545 e. The number of pyridine rings is 1. The van der Waals surface area contributed by atoms with Crippen LogP contribution in [0.15, 0.2) is 71.6 Å². The Balaban J connectivity index is 1.39. The summed E-state index contributed by atoms with van der Waals surface area (Å²) in [6.45, 7) is 0.567. The number of nitrogens with zero attached hydrogens (tertiary/aromatic N) is 1. The maximum atomic E-state index is 11.0. The van der Waals surface area contributed by atoms with Crippen LogP contribution in [0.25, 0.3) is 6.08 Å². The van der Waals surface area contributed by atoms with Gasteiger partial charge in [-0.1, -0.05) is 43.9 Å². The highest BCUT2D eigenvalue weighted by molar-refractivity contribution is 7.98. The molecule has 202 valence electrons. The molecule has 6 nitrogen and oxygen atoms in total. The van der Waals surface area contributed by atoms with Crippen molar-refractivity contribution in [3.63, 3.8) is 0 Å². The van der Waals surface area contributed by atoms with Gasteiger partial charge in [-0.3, -0.25) is 0 Å². The van der Waals surface area contributed by atoms with Crippen molar-refractivity contribution in [2.24, 2.45) is 0 Å². The summed E-state index contributed by atoms with van der Waals surface area (Å²) in [7, 11) is 3.33. The van der Waals surface area contributed by atoms with Gasteiger partial charge in [0.2, 0.25) is 0 Å². The largest absolute Gasteiger partial charge is 0.545 e. The zero-order chi connectivity index (χ0) is 27.0. The van der Waals surface area contributed by atoms with E-state index < -0.39 is 5.97 Å². The summed E-state index contributed by atoms with van der Waals surface area (Å²) in [5.74, 6) is 1.65. The van der Waals surface area contributed by atoms with E-state index in [4.69, 9.17) is 14.2 Å². The molecule has 0 aliphatic rings. The predicted octanol–water partition coefficient (Wildman–Crippen LogP) is 6.12. The number of rotatable bonds is 17. The van der Waals surface area contributed by atoms with Crippen LogP contribution in [0.3, 0.4) is 0 Å². The number of benzene rings is 2. The molecule has 0 spiro atoms. The normalized spacial score (nSPS) is 11.0. The van der Waals surface area contributed by atoms with E-state index in [0.717, 1.165) is 47.4 Å². The third-order valence-electron chi connectivity index (χ3n) is 6.03. The number of methoxy groups -OCH3 is 2. The summed E-state index contributed by atoms with van der Waals surface area (Å²) >= 11 is 1.63. The molecule has 1 aromatic heterocycles. The van der Waals surface area contributed by atoms with Crippen molar-refractivity contribution in [3.8, 4) is 17.2 Å². The van der Waals surface area contributed by atoms with E-state index in [2.05, 4.69) is 17.1 Å². The van der Waals surface area contributed by atoms with Crippen LogP contribution in [-0.4, -0.2) is 31.8 Å². The number of hydrogen-bond acceptors (Lipinski definition) is 7. The summed E-state index contributed by atoms with van der Waals surface area (Å²) in [6, 6.07) is 19.9. The number of aromatic nitrogens is 1. The van der Waals surface area contributed by atoms with Crippen LogP contribution in [0.5, 0.6) is 17.2 Å². The Bertz CT molecular complexity index is 1160. The molecule has 0 N–H and O–H groups in total. The van der Waals surface area contributed by atoms with E-state index in [1.807, 2.05) is 48.5 Å². The zero-order valence-corrected chi connectivity index (χ0v) is 23.0. The van der Waals surface area contributed by atoms with Gasteiger partial charge in [-0.2, -0.15) is 0 Å². The molecule has 0 amide bonds. The first kappa shape index (κ1) is 29.1. The Hall–Kier alpha value is -3.45. The van der Waals surface area contributed by atoms with E-state index in [1.54, 1.807) is 26.0 Å². The second-order valence-electron chi connectivity index (χ2n) is 8.87. The SMILES string of the molecule is COc1ccc(CCCCCCCCOc2ccc(CSc3cccc(OC)c3)nc2/C=C/C(=O)[O-])cc1. The highest BCUT2D eigenvalue weighted by atomic mass is 32.2. The van der Waals surface area contributed by atoms with Crippen LogP contribution in [0.2, 0.25) is 0 Å². The standard InChI is InChI=1S/C31H37NO5S/c1-35-26-16-13-24(14-17-26)10-7-5-3-4-6-8-21-37-30-19-15-25(32-29(30)18-20-31(33)34)23-38-28-12-9-11-27(22-28)36-2/h9,11-20,22H,3-8,10,21,23H2,1-2H3,(H,33,34)/p-1/b20-18+. The number of unbranched alkanes of at least 4 members (excludes halogenated alkanes) is 5. The summed E-state index contributed by atoms with van der Waals surface area (Å²) in [4.78, 5) is 16.7. The van der Waals surface area contributed by atoms with E-state index in [9.17, 15) is 9.90 Å². The molecule has 0 aliphatic heterocycles. The number of thioether (sulfide) groups is 1. The van der Waals surface area contributed by atoms with Crippen molar-refractivity contribution < 1.29 is 24.1 Å². The second-order valence-corrected chi connectivity index (χ2v) is 9.92. The number of aryl methyl sites for hydroxylation is 1. The first-order valence-electron chi connectivity index (χ1n) is 13.0. The first-order valence-corrected chi connectivity index (χ1v) is 14.0. The number of hydrogen-bond donors (Lipinski definition) is 0. The fourth-order valence-corrected chi connectivity index (χ4v) is 4.78. The molecule has 0 aliphatic carbocycles. The number of aliphatic carboxylic acids is 1. The number of carboxylic acid groups (broad SMARTS) is 1. The van der Waals surface area contributed by atoms with Crippen molar-refractivity contribution in [2.75, 3.05) is 20.8 Å². The van der Waals surface area contributed by atoms with Crippen molar-refractivity contribution in [1.82, 2.24) is 4.98 Å². The third-order valence-corrected chi connectivity index (χ3v) is 7.05. The molecule has 3 rings (SSSR count). The van der Waals surface area contributed by atoms with Gasteiger partial charge in [0.25, 0.3) is 0 Å². The monoisotopic (exact) mass is 534 g/mol. The van der Waals surface area contributed by atoms with E-state index >= 15 is 0 Å². The van der Waals surface area contributed by atoms with Crippen LogP contribution in [-0.2, 0) is 17.0 Å². The van der Waals surface area contributed by atoms with E-state index in [0.29, 0.717) is 23.8 Å². The molecule has 0 fully saturated rings. The maximum absolute atomic E-state index is 11.0. The van der Waals surface area contributed by atoms with Gasteiger partial charge < -0.3 is 24.1 Å². The summed E-state index contributed by atoms with van der Waals surface area (Å²) in [5, 5.41) is 11.0. The molecule has 0 saturated heterocycles. The first-order chi connectivity index (χ1) is 18.6. The van der Waals surface area contributed by atoms with E-state index in [-0.39, 0.29) is 0 Å². The van der Waals surface area contributed by atoms with E-state index in [1.165, 1.54) is 37.3 Å². The van der Waals surface area contributed by atoms with Gasteiger partial charge in [0.05, 0.1) is 32.5 Å². The van der Waals surface area contributed by atoms with Crippen molar-refractivity contribution in [2.45, 2.75) is 55.6 Å². The quantitative estimate of drug-likeness (QED) is 0.117. The smallest absolute Gasteiger partial charge is 0.144 e. The molecular formula is C31H36NO5S-. The summed E-state index contributed by atoms with van der Waals surface area (Å²) in [5.41, 5.74) is 2.68. The van der Waals surface area contributed by atoms with Crippen molar-refractivity contribution >= 4 is 23.8 Å². The molecule has 3 aromatic rings. The molecule has 0 bridgehead atoms. The topological polar surface area (TPSA) is 80.7 Å². The Labute approximate surface area is 230 Å². The fraction of sp³-hybridized carbons (Fsp3) is 0.355. The fourth-order valence-electron chi connectivity index (χ4n) is 3.93. The zero-order valence-electron chi connectivity index (χ0n) is 22.2. The van der Waals surface area contributed by atoms with Crippen LogP contribution < -0.4 is 19.3 Å². The minimum absolute atomic E-state index is 0.497. The van der Waals surface area contributed by atoms with Gasteiger partial charge in [-0.15, -0.1) is 11.8 Å². The van der Waals surface area contributed by atoms with Gasteiger partial charge in [-0.25, -0.2) is 4.98 Å². The minimum atomic E-state index is -1.26. The summed E-state index contributed by atoms with van der Waals surface area (Å²) in [6.07, 6.45) is 10.3. The van der Waals surface area contributed by atoms with Crippen molar-refractivity contribution in [1.29, 1.82) is 0 Å². The maximum Gasteiger partial charge on any atom is 0.144 e. The molecule has 2 aromatic carbocycles. The average molecular weight is 535 g/mol. The van der Waals surface area contributed by atoms with Crippen LogP contribution in [0, 0.1) is 0 Å². The lowest BCUT2D eigenvalue weighted by atomic mass is 10.0. The highest BCUT2D eigenvalue weighted by Crippen LogP contribution is 2.27. The molecule has 0 radical (unpaired) electrons. The lowest BCUT2D eigenvalue weighted by Crippen LogP contribution is -2.18. The molecular weight excluding hydrogens is 498 g/mol. The molecule has 1 heterocycles. The lowest BCUT2D eigenvalue weighted by Gasteiger charge is -2.11. The predicted molar refractivity (Wildman–Crippen MR) is 151 cm³/mol. The highest BCUT2D eigenvalue weighted by Gasteiger charge is 2.07. The molecule has 0 saturated carbocycles. The Morgan fingerprint density at radius 3 is 2.37 bits per heavy atom. The van der Waals surface area contributed by atoms with Gasteiger partial charge in [0, 0.05) is 10.6 Å². The Kier molecular flexibility index (Phi) is 12.6. The van der Waals surface area contributed by atoms with Crippen molar-refractivity contribution in [3.05, 3.63) is 83.7 Å². The third kappa shape index (κ3) is 10.5. The number of carboxylic acids is 1. The summed E-state index contributed by atoms with van der Waals surface area (Å²) < 4.78 is 16.4. The molecule has 0 unspecified atom stereocenters. The van der Waals surface area contributed by atoms with Gasteiger partial charge in [0.1, 0.15) is 22.9 Å². The van der Waals surface area contributed by atoms with Gasteiger partial charge >= 0.3 is 0 Å². The van der Waals surface area contributed by atoms with Crippen LogP contribution in [0.1, 0.15) is 55.5 Å². The Morgan fingerprint density at radius 1 is 0.895 bits per heavy atom. The average Bonchev–Trinajstić information content (AvgIpc) is 2.95. The Morgan fingerprint density at radius 2 is 1.63 bits per heavy atom. The lowest BCUT2D eigenvalue weighted by molar-refractivity contribution is -0.297. The molecule has 38 heavy (non-hydrogen) atoms.